The number of hydrogen-bond donors (Lipinski definition) is 1. The molecule has 1 fully saturated rings. The zero-order chi connectivity index (χ0) is 13.8. The molecule has 0 amide bonds. The van der Waals surface area contributed by atoms with Crippen LogP contribution in [0.1, 0.15) is 48.7 Å². The third-order valence-corrected chi connectivity index (χ3v) is 4.09. The molecule has 1 saturated carbocycles. The Morgan fingerprint density at radius 2 is 2.05 bits per heavy atom. The van der Waals surface area contributed by atoms with Crippen LogP contribution in [-0.2, 0) is 6.54 Å². The molecule has 0 aliphatic heterocycles. The molecule has 104 valence electrons. The first-order valence-electron chi connectivity index (χ1n) is 6.94. The van der Waals surface area contributed by atoms with E-state index in [1.54, 1.807) is 6.07 Å². The number of pyridine rings is 1. The summed E-state index contributed by atoms with van der Waals surface area (Å²) in [7, 11) is 2.13. The second-order valence-corrected chi connectivity index (χ2v) is 5.67. The van der Waals surface area contributed by atoms with E-state index in [0.29, 0.717) is 6.04 Å². The van der Waals surface area contributed by atoms with Gasteiger partial charge in [0.25, 0.3) is 0 Å². The number of rotatable bonds is 4. The lowest BCUT2D eigenvalue weighted by Crippen LogP contribution is -2.34. The van der Waals surface area contributed by atoms with E-state index in [-0.39, 0.29) is 5.56 Å². The van der Waals surface area contributed by atoms with Crippen molar-refractivity contribution < 1.29 is 9.90 Å². The summed E-state index contributed by atoms with van der Waals surface area (Å²) in [5.41, 5.74) is 1.18. The summed E-state index contributed by atoms with van der Waals surface area (Å²) in [5, 5.41) is 8.84. The lowest BCUT2D eigenvalue weighted by molar-refractivity contribution is 0.0696. The molecular weight excluding hydrogens is 240 g/mol. The van der Waals surface area contributed by atoms with Gasteiger partial charge in [0, 0.05) is 18.8 Å². The zero-order valence-electron chi connectivity index (χ0n) is 11.7. The summed E-state index contributed by atoms with van der Waals surface area (Å²) in [4.78, 5) is 17.3. The minimum absolute atomic E-state index is 0.248. The van der Waals surface area contributed by atoms with Crippen LogP contribution in [0.25, 0.3) is 0 Å². The zero-order valence-corrected chi connectivity index (χ0v) is 11.7. The molecule has 0 atom stereocenters. The number of nitrogens with zero attached hydrogens (tertiary/aromatic N) is 2. The minimum Gasteiger partial charge on any atom is -0.478 e. The van der Waals surface area contributed by atoms with Gasteiger partial charge in [0.2, 0.25) is 0 Å². The topological polar surface area (TPSA) is 53.4 Å². The first-order chi connectivity index (χ1) is 9.06. The van der Waals surface area contributed by atoms with Gasteiger partial charge in [-0.2, -0.15) is 0 Å². The second-order valence-electron chi connectivity index (χ2n) is 5.67. The lowest BCUT2D eigenvalue weighted by atomic mass is 9.87. The molecule has 0 saturated heterocycles. The number of aromatic nitrogens is 1. The Morgan fingerprint density at radius 3 is 2.58 bits per heavy atom. The maximum Gasteiger partial charge on any atom is 0.337 e. The number of carboxylic acid groups (broad SMARTS) is 1. The van der Waals surface area contributed by atoms with Crippen LogP contribution in [0.2, 0.25) is 0 Å². The van der Waals surface area contributed by atoms with Crippen LogP contribution in [0.15, 0.2) is 18.3 Å². The smallest absolute Gasteiger partial charge is 0.337 e. The van der Waals surface area contributed by atoms with Crippen LogP contribution in [0.5, 0.6) is 0 Å². The first kappa shape index (κ1) is 14.0. The fourth-order valence-corrected chi connectivity index (χ4v) is 2.71. The summed E-state index contributed by atoms with van der Waals surface area (Å²) in [5.74, 6) is -0.0636. The van der Waals surface area contributed by atoms with Crippen LogP contribution in [-0.4, -0.2) is 34.0 Å². The molecular formula is C15H22N2O2. The molecule has 0 unspecified atom stereocenters. The van der Waals surface area contributed by atoms with Gasteiger partial charge in [-0.05, 0) is 50.8 Å². The molecule has 0 bridgehead atoms. The van der Waals surface area contributed by atoms with Crippen molar-refractivity contribution in [1.29, 1.82) is 0 Å². The van der Waals surface area contributed by atoms with E-state index in [4.69, 9.17) is 5.11 Å². The Hall–Kier alpha value is -1.42. The highest BCUT2D eigenvalue weighted by Gasteiger charge is 2.21. The van der Waals surface area contributed by atoms with E-state index in [1.165, 1.54) is 31.9 Å². The molecule has 1 aromatic heterocycles. The van der Waals surface area contributed by atoms with E-state index in [2.05, 4.69) is 23.9 Å². The lowest BCUT2D eigenvalue weighted by Gasteiger charge is -2.33. The molecule has 1 aromatic rings. The van der Waals surface area contributed by atoms with Crippen molar-refractivity contribution >= 4 is 5.97 Å². The van der Waals surface area contributed by atoms with Crippen molar-refractivity contribution in [2.24, 2.45) is 5.92 Å². The van der Waals surface area contributed by atoms with Crippen molar-refractivity contribution in [3.05, 3.63) is 29.6 Å². The quantitative estimate of drug-likeness (QED) is 0.906. The molecule has 1 heterocycles. The first-order valence-corrected chi connectivity index (χ1v) is 6.94. The van der Waals surface area contributed by atoms with Crippen molar-refractivity contribution in [3.8, 4) is 0 Å². The van der Waals surface area contributed by atoms with Crippen molar-refractivity contribution in [2.45, 2.75) is 45.2 Å². The Labute approximate surface area is 114 Å². The second kappa shape index (κ2) is 6.15. The average molecular weight is 262 g/mol. The molecule has 1 N–H and O–H groups in total. The van der Waals surface area contributed by atoms with Gasteiger partial charge in [0.05, 0.1) is 11.3 Å². The Morgan fingerprint density at radius 1 is 1.37 bits per heavy atom. The fraction of sp³-hybridized carbons (Fsp3) is 0.600. The van der Waals surface area contributed by atoms with Gasteiger partial charge in [-0.25, -0.2) is 4.79 Å². The third kappa shape index (κ3) is 3.77. The van der Waals surface area contributed by atoms with Gasteiger partial charge < -0.3 is 5.11 Å². The Kier molecular flexibility index (Phi) is 4.53. The van der Waals surface area contributed by atoms with Gasteiger partial charge in [0.1, 0.15) is 0 Å². The van der Waals surface area contributed by atoms with E-state index < -0.39 is 5.97 Å². The average Bonchev–Trinajstić information content (AvgIpc) is 2.40. The summed E-state index contributed by atoms with van der Waals surface area (Å²) in [6, 6.07) is 4.07. The van der Waals surface area contributed by atoms with Crippen LogP contribution in [0, 0.1) is 5.92 Å². The maximum atomic E-state index is 10.8. The highest BCUT2D eigenvalue weighted by molar-refractivity contribution is 5.87. The molecule has 0 spiro atoms. The van der Waals surface area contributed by atoms with Gasteiger partial charge in [-0.1, -0.05) is 6.92 Å². The van der Waals surface area contributed by atoms with Crippen LogP contribution < -0.4 is 0 Å². The van der Waals surface area contributed by atoms with Crippen LogP contribution in [0.4, 0.5) is 0 Å². The molecule has 0 radical (unpaired) electrons. The Balaban J connectivity index is 1.91. The molecule has 4 heteroatoms. The molecule has 2 rings (SSSR count). The highest BCUT2D eigenvalue weighted by atomic mass is 16.4. The molecule has 1 aliphatic rings. The maximum absolute atomic E-state index is 10.8. The van der Waals surface area contributed by atoms with Crippen molar-refractivity contribution in [3.63, 3.8) is 0 Å². The van der Waals surface area contributed by atoms with E-state index >= 15 is 0 Å². The van der Waals surface area contributed by atoms with E-state index in [1.807, 2.05) is 6.07 Å². The highest BCUT2D eigenvalue weighted by Crippen LogP contribution is 2.26. The van der Waals surface area contributed by atoms with Crippen molar-refractivity contribution in [2.75, 3.05) is 7.05 Å². The molecule has 0 aromatic carbocycles. The largest absolute Gasteiger partial charge is 0.478 e. The summed E-state index contributed by atoms with van der Waals surface area (Å²) >= 11 is 0. The van der Waals surface area contributed by atoms with Crippen LogP contribution in [0.3, 0.4) is 0 Å². The normalized spacial score (nSPS) is 23.5. The summed E-state index contributed by atoms with van der Waals surface area (Å²) in [6.07, 6.45) is 6.56. The monoisotopic (exact) mass is 262 g/mol. The molecule has 4 nitrogen and oxygen atoms in total. The van der Waals surface area contributed by atoms with Gasteiger partial charge in [-0.3, -0.25) is 9.88 Å². The standard InChI is InChI=1S/C15H22N2O2/c1-11-3-7-14(8-4-11)17(2)10-13-6-5-12(9-16-13)15(18)19/h5-6,9,11,14H,3-4,7-8,10H2,1-2H3,(H,18,19). The summed E-state index contributed by atoms with van der Waals surface area (Å²) in [6.45, 7) is 3.11. The fourth-order valence-electron chi connectivity index (χ4n) is 2.71. The number of carbonyl (C=O) groups is 1. The minimum atomic E-state index is -0.923. The van der Waals surface area contributed by atoms with Gasteiger partial charge in [0.15, 0.2) is 0 Å². The number of carboxylic acids is 1. The van der Waals surface area contributed by atoms with E-state index in [9.17, 15) is 4.79 Å². The predicted molar refractivity (Wildman–Crippen MR) is 74.1 cm³/mol. The van der Waals surface area contributed by atoms with Gasteiger partial charge in [-0.15, -0.1) is 0 Å². The summed E-state index contributed by atoms with van der Waals surface area (Å²) < 4.78 is 0. The number of aromatic carboxylic acids is 1. The van der Waals surface area contributed by atoms with Gasteiger partial charge >= 0.3 is 5.97 Å². The van der Waals surface area contributed by atoms with Crippen molar-refractivity contribution in [1.82, 2.24) is 9.88 Å². The Bertz CT molecular complexity index is 422. The SMILES string of the molecule is CC1CCC(N(C)Cc2ccc(C(=O)O)cn2)CC1. The number of hydrogen-bond acceptors (Lipinski definition) is 3. The third-order valence-electron chi connectivity index (χ3n) is 4.09. The van der Waals surface area contributed by atoms with Crippen LogP contribution >= 0.6 is 0 Å². The molecule has 19 heavy (non-hydrogen) atoms. The van der Waals surface area contributed by atoms with E-state index in [0.717, 1.165) is 18.2 Å². The predicted octanol–water partition coefficient (Wildman–Crippen LogP) is 2.79. The molecule has 1 aliphatic carbocycles.